The fourth-order valence-corrected chi connectivity index (χ4v) is 2.78. The Morgan fingerprint density at radius 2 is 1.83 bits per heavy atom. The number of amides is 2. The second-order valence-electron chi connectivity index (χ2n) is 6.69. The summed E-state index contributed by atoms with van der Waals surface area (Å²) in [5, 5.41) is 13.6. The van der Waals surface area contributed by atoms with E-state index in [-0.39, 0.29) is 18.0 Å². The third kappa shape index (κ3) is 6.40. The molecular formula is C21H23N3O6. The van der Waals surface area contributed by atoms with Crippen LogP contribution in [0.25, 0.3) is 0 Å². The van der Waals surface area contributed by atoms with Gasteiger partial charge < -0.3 is 25.1 Å². The van der Waals surface area contributed by atoms with Crippen LogP contribution in [0.1, 0.15) is 31.4 Å². The number of aldehydes is 1. The van der Waals surface area contributed by atoms with Gasteiger partial charge in [0, 0.05) is 12.6 Å². The summed E-state index contributed by atoms with van der Waals surface area (Å²) in [5.41, 5.74) is 0.427. The average molecular weight is 413 g/mol. The molecule has 0 unspecified atom stereocenters. The van der Waals surface area contributed by atoms with Crippen molar-refractivity contribution in [1.82, 2.24) is 9.88 Å². The molecule has 3 N–H and O–H groups in total. The molecule has 0 saturated heterocycles. The lowest BCUT2D eigenvalue weighted by molar-refractivity contribution is -0.139. The predicted molar refractivity (Wildman–Crippen MR) is 109 cm³/mol. The van der Waals surface area contributed by atoms with Gasteiger partial charge in [0.05, 0.1) is 12.5 Å². The molecule has 158 valence electrons. The summed E-state index contributed by atoms with van der Waals surface area (Å²) >= 11 is 0. The van der Waals surface area contributed by atoms with Crippen molar-refractivity contribution < 1.29 is 24.3 Å². The molecule has 9 nitrogen and oxygen atoms in total. The quantitative estimate of drug-likeness (QED) is 0.500. The van der Waals surface area contributed by atoms with Crippen molar-refractivity contribution in [3.8, 4) is 0 Å². The Bertz CT molecular complexity index is 970. The van der Waals surface area contributed by atoms with Crippen molar-refractivity contribution in [3.05, 3.63) is 64.6 Å². The molecular weight excluding hydrogens is 390 g/mol. The molecule has 2 atom stereocenters. The van der Waals surface area contributed by atoms with Gasteiger partial charge in [-0.1, -0.05) is 30.3 Å². The lowest BCUT2D eigenvalue weighted by atomic mass is 10.1. The number of nitrogens with one attached hydrogen (secondary N) is 2. The summed E-state index contributed by atoms with van der Waals surface area (Å²) in [6.07, 6.45) is 1.84. The first-order valence-corrected chi connectivity index (χ1v) is 9.34. The largest absolute Gasteiger partial charge is 0.481 e. The molecule has 1 heterocycles. The number of carbonyl (C=O) groups is 4. The zero-order valence-corrected chi connectivity index (χ0v) is 16.4. The summed E-state index contributed by atoms with van der Waals surface area (Å²) < 4.78 is 1.10. The summed E-state index contributed by atoms with van der Waals surface area (Å²) in [5.74, 6) is -2.27. The molecule has 0 fully saturated rings. The van der Waals surface area contributed by atoms with Gasteiger partial charge in [0.2, 0.25) is 11.8 Å². The zero-order chi connectivity index (χ0) is 22.1. The monoisotopic (exact) mass is 413 g/mol. The Balaban J connectivity index is 2.05. The van der Waals surface area contributed by atoms with Crippen molar-refractivity contribution >= 4 is 29.8 Å². The third-order valence-corrected chi connectivity index (χ3v) is 4.42. The molecule has 0 spiro atoms. The minimum atomic E-state index is -1.24. The van der Waals surface area contributed by atoms with E-state index in [1.54, 1.807) is 0 Å². The van der Waals surface area contributed by atoms with Crippen LogP contribution in [0.5, 0.6) is 0 Å². The van der Waals surface area contributed by atoms with Crippen LogP contribution < -0.4 is 16.2 Å². The second kappa shape index (κ2) is 10.7. The summed E-state index contributed by atoms with van der Waals surface area (Å²) in [6, 6.07) is 10.2. The van der Waals surface area contributed by atoms with Crippen LogP contribution in [-0.4, -0.2) is 39.8 Å². The highest BCUT2D eigenvalue weighted by Gasteiger charge is 2.22. The lowest BCUT2D eigenvalue weighted by Crippen LogP contribution is -2.43. The fraction of sp³-hybridized carbons (Fsp3) is 0.286. The van der Waals surface area contributed by atoms with Gasteiger partial charge in [-0.15, -0.1) is 0 Å². The molecule has 30 heavy (non-hydrogen) atoms. The minimum absolute atomic E-state index is 0.0210. The highest BCUT2D eigenvalue weighted by molar-refractivity contribution is 5.90. The van der Waals surface area contributed by atoms with E-state index in [1.807, 2.05) is 30.3 Å². The normalized spacial score (nSPS) is 12.4. The number of carboxylic acid groups (broad SMARTS) is 1. The minimum Gasteiger partial charge on any atom is -0.481 e. The molecule has 2 rings (SSSR count). The first-order valence-electron chi connectivity index (χ1n) is 9.34. The van der Waals surface area contributed by atoms with Gasteiger partial charge >= 0.3 is 5.97 Å². The number of carbonyl (C=O) groups excluding carboxylic acids is 3. The number of rotatable bonds is 10. The van der Waals surface area contributed by atoms with E-state index < -0.39 is 35.9 Å². The van der Waals surface area contributed by atoms with Crippen molar-refractivity contribution in [1.29, 1.82) is 0 Å². The SMILES string of the molecule is C[C@H](C(=O)N[C@H](C=O)CC(=O)O)n1cccc(NC(=O)CCc2ccccc2)c1=O. The maximum absolute atomic E-state index is 12.7. The van der Waals surface area contributed by atoms with Crippen LogP contribution in [-0.2, 0) is 25.6 Å². The van der Waals surface area contributed by atoms with E-state index in [0.29, 0.717) is 12.7 Å². The lowest BCUT2D eigenvalue weighted by Gasteiger charge is -2.18. The topological polar surface area (TPSA) is 135 Å². The Hall–Kier alpha value is -3.75. The molecule has 0 aliphatic rings. The van der Waals surface area contributed by atoms with E-state index in [0.717, 1.165) is 10.1 Å². The number of benzene rings is 1. The first-order chi connectivity index (χ1) is 14.3. The zero-order valence-electron chi connectivity index (χ0n) is 16.4. The Morgan fingerprint density at radius 3 is 2.47 bits per heavy atom. The average Bonchev–Trinajstić information content (AvgIpc) is 2.73. The van der Waals surface area contributed by atoms with Gasteiger partial charge in [-0.25, -0.2) is 0 Å². The van der Waals surface area contributed by atoms with Crippen LogP contribution in [0.15, 0.2) is 53.5 Å². The molecule has 2 amide bonds. The number of aromatic nitrogens is 1. The number of pyridine rings is 1. The number of hydrogen-bond donors (Lipinski definition) is 3. The van der Waals surface area contributed by atoms with Gasteiger partial charge in [0.25, 0.3) is 5.56 Å². The van der Waals surface area contributed by atoms with E-state index >= 15 is 0 Å². The Kier molecular flexibility index (Phi) is 8.04. The molecule has 0 radical (unpaired) electrons. The number of hydrogen-bond acceptors (Lipinski definition) is 5. The van der Waals surface area contributed by atoms with Crippen LogP contribution in [0.3, 0.4) is 0 Å². The molecule has 0 bridgehead atoms. The number of aryl methyl sites for hydroxylation is 1. The third-order valence-electron chi connectivity index (χ3n) is 4.42. The highest BCUT2D eigenvalue weighted by Crippen LogP contribution is 2.08. The van der Waals surface area contributed by atoms with E-state index in [2.05, 4.69) is 10.6 Å². The number of anilines is 1. The van der Waals surface area contributed by atoms with Gasteiger partial charge in [-0.05, 0) is 31.0 Å². The smallest absolute Gasteiger partial charge is 0.305 e. The second-order valence-corrected chi connectivity index (χ2v) is 6.69. The van der Waals surface area contributed by atoms with Crippen LogP contribution >= 0.6 is 0 Å². The molecule has 9 heteroatoms. The van der Waals surface area contributed by atoms with Gasteiger partial charge in [0.1, 0.15) is 18.0 Å². The number of carboxylic acids is 1. The highest BCUT2D eigenvalue weighted by atomic mass is 16.4. The Morgan fingerprint density at radius 1 is 1.13 bits per heavy atom. The van der Waals surface area contributed by atoms with Gasteiger partial charge in [0.15, 0.2) is 0 Å². The van der Waals surface area contributed by atoms with E-state index in [4.69, 9.17) is 5.11 Å². The van der Waals surface area contributed by atoms with Gasteiger partial charge in [-0.3, -0.25) is 19.2 Å². The Labute approximate surface area is 172 Å². The van der Waals surface area contributed by atoms with Crippen molar-refractivity contribution in [2.75, 3.05) is 5.32 Å². The van der Waals surface area contributed by atoms with E-state index in [9.17, 15) is 24.0 Å². The van der Waals surface area contributed by atoms with Crippen LogP contribution in [0.2, 0.25) is 0 Å². The number of aliphatic carboxylic acids is 1. The molecule has 1 aromatic carbocycles. The molecule has 2 aromatic rings. The summed E-state index contributed by atoms with van der Waals surface area (Å²) in [7, 11) is 0. The summed E-state index contributed by atoms with van der Waals surface area (Å²) in [6.45, 7) is 1.43. The fourth-order valence-electron chi connectivity index (χ4n) is 2.78. The van der Waals surface area contributed by atoms with Crippen LogP contribution in [0.4, 0.5) is 5.69 Å². The van der Waals surface area contributed by atoms with Crippen LogP contribution in [0, 0.1) is 0 Å². The molecule has 0 saturated carbocycles. The maximum atomic E-state index is 12.7. The van der Waals surface area contributed by atoms with E-state index in [1.165, 1.54) is 25.3 Å². The summed E-state index contributed by atoms with van der Waals surface area (Å²) in [4.78, 5) is 58.9. The van der Waals surface area contributed by atoms with Crippen molar-refractivity contribution in [3.63, 3.8) is 0 Å². The van der Waals surface area contributed by atoms with Crippen molar-refractivity contribution in [2.24, 2.45) is 0 Å². The molecule has 1 aromatic heterocycles. The van der Waals surface area contributed by atoms with Gasteiger partial charge in [-0.2, -0.15) is 0 Å². The number of nitrogens with zero attached hydrogens (tertiary/aromatic N) is 1. The maximum Gasteiger partial charge on any atom is 0.305 e. The predicted octanol–water partition coefficient (Wildman–Crippen LogP) is 1.14. The molecule has 0 aliphatic heterocycles. The standard InChI is InChI=1S/C21H23N3O6/c1-14(20(29)22-16(13-25)12-19(27)28)24-11-5-8-17(21(24)30)23-18(26)10-9-15-6-3-2-4-7-15/h2-8,11,13-14,16H,9-10,12H2,1H3,(H,22,29)(H,23,26)(H,27,28)/t14-,16+/m1/s1. The van der Waals surface area contributed by atoms with Crippen molar-refractivity contribution in [2.45, 2.75) is 38.3 Å². The molecule has 0 aliphatic carbocycles. The first kappa shape index (κ1) is 22.5.